The van der Waals surface area contributed by atoms with Gasteiger partial charge in [0.05, 0.1) is 12.7 Å². The molecule has 0 fully saturated rings. The van der Waals surface area contributed by atoms with Gasteiger partial charge in [-0.25, -0.2) is 4.79 Å². The first kappa shape index (κ1) is 13.8. The number of aromatic amines is 1. The normalized spacial score (nSPS) is 10.4. The summed E-state index contributed by atoms with van der Waals surface area (Å²) in [5.74, 6) is 0.893. The molecule has 3 N–H and O–H groups in total. The van der Waals surface area contributed by atoms with E-state index in [1.54, 1.807) is 19.3 Å². The molecule has 0 spiro atoms. The molecule has 2 heterocycles. The van der Waals surface area contributed by atoms with Crippen molar-refractivity contribution in [2.24, 2.45) is 0 Å². The van der Waals surface area contributed by atoms with Gasteiger partial charge in [-0.15, -0.1) is 0 Å². The molecule has 3 rings (SSSR count). The van der Waals surface area contributed by atoms with Gasteiger partial charge >= 0.3 is 6.03 Å². The number of aryl methyl sites for hydroxylation is 1. The van der Waals surface area contributed by atoms with Gasteiger partial charge in [0, 0.05) is 24.4 Å². The smallest absolute Gasteiger partial charge is 0.319 e. The van der Waals surface area contributed by atoms with E-state index in [0.29, 0.717) is 17.4 Å². The molecule has 2 amide bonds. The Balaban J connectivity index is 1.60. The van der Waals surface area contributed by atoms with Crippen molar-refractivity contribution in [3.8, 4) is 11.1 Å². The maximum absolute atomic E-state index is 11.9. The number of aromatic nitrogens is 4. The zero-order chi connectivity index (χ0) is 15.4. The highest BCUT2D eigenvalue weighted by Gasteiger charge is 2.06. The molecule has 2 aromatic heterocycles. The lowest BCUT2D eigenvalue weighted by Gasteiger charge is -2.07. The minimum absolute atomic E-state index is 0.199. The first-order chi connectivity index (χ1) is 10.7. The molecule has 0 saturated carbocycles. The minimum Gasteiger partial charge on any atom is -0.340 e. The van der Waals surface area contributed by atoms with E-state index in [1.165, 1.54) is 0 Å². The molecular weight excluding hydrogens is 284 g/mol. The fourth-order valence-corrected chi connectivity index (χ4v) is 1.93. The van der Waals surface area contributed by atoms with Gasteiger partial charge in [0.25, 0.3) is 0 Å². The highest BCUT2D eigenvalue weighted by Crippen LogP contribution is 2.21. The molecule has 0 atom stereocenters. The highest BCUT2D eigenvalue weighted by atomic mass is 16.5. The van der Waals surface area contributed by atoms with Gasteiger partial charge in [0.2, 0.25) is 5.89 Å². The van der Waals surface area contributed by atoms with Crippen molar-refractivity contribution >= 4 is 11.7 Å². The van der Waals surface area contributed by atoms with Crippen LogP contribution in [0.3, 0.4) is 0 Å². The Hall–Kier alpha value is -3.16. The molecule has 0 radical (unpaired) electrons. The summed E-state index contributed by atoms with van der Waals surface area (Å²) in [6.45, 7) is 1.89. The highest BCUT2D eigenvalue weighted by molar-refractivity contribution is 5.90. The van der Waals surface area contributed by atoms with Gasteiger partial charge in [-0.2, -0.15) is 10.1 Å². The van der Waals surface area contributed by atoms with Crippen LogP contribution in [0.2, 0.25) is 0 Å². The summed E-state index contributed by atoms with van der Waals surface area (Å²) >= 11 is 0. The van der Waals surface area contributed by atoms with Crippen molar-refractivity contribution in [1.29, 1.82) is 0 Å². The van der Waals surface area contributed by atoms with Crippen LogP contribution >= 0.6 is 0 Å². The number of hydrogen-bond donors (Lipinski definition) is 3. The molecule has 0 aliphatic carbocycles. The molecular formula is C14H14N6O2. The number of urea groups is 1. The summed E-state index contributed by atoms with van der Waals surface area (Å²) in [6.07, 6.45) is 3.51. The second-order valence-corrected chi connectivity index (χ2v) is 4.61. The molecule has 3 aromatic rings. The van der Waals surface area contributed by atoms with Gasteiger partial charge in [0.1, 0.15) is 0 Å². The zero-order valence-electron chi connectivity index (χ0n) is 11.8. The molecule has 22 heavy (non-hydrogen) atoms. The van der Waals surface area contributed by atoms with Crippen LogP contribution in [0.15, 0.2) is 41.2 Å². The molecule has 1 aromatic carbocycles. The van der Waals surface area contributed by atoms with E-state index in [2.05, 4.69) is 31.0 Å². The summed E-state index contributed by atoms with van der Waals surface area (Å²) < 4.78 is 4.83. The van der Waals surface area contributed by atoms with Gasteiger partial charge in [-0.05, 0) is 17.7 Å². The SMILES string of the molecule is Cc1nc(CNC(=O)Nc2cccc(-c3cn[nH]c3)c2)no1. The van der Waals surface area contributed by atoms with Crippen molar-refractivity contribution < 1.29 is 9.32 Å². The van der Waals surface area contributed by atoms with E-state index in [1.807, 2.05) is 24.3 Å². The van der Waals surface area contributed by atoms with E-state index in [-0.39, 0.29) is 12.6 Å². The number of rotatable bonds is 4. The molecule has 0 aliphatic rings. The third-order valence-electron chi connectivity index (χ3n) is 2.93. The van der Waals surface area contributed by atoms with E-state index < -0.39 is 0 Å². The number of H-pyrrole nitrogens is 1. The fraction of sp³-hybridized carbons (Fsp3) is 0.143. The number of anilines is 1. The van der Waals surface area contributed by atoms with Crippen molar-refractivity contribution in [2.45, 2.75) is 13.5 Å². The van der Waals surface area contributed by atoms with E-state index in [9.17, 15) is 4.79 Å². The second kappa shape index (κ2) is 6.08. The molecule has 0 saturated heterocycles. The predicted molar refractivity (Wildman–Crippen MR) is 78.9 cm³/mol. The maximum atomic E-state index is 11.9. The lowest BCUT2D eigenvalue weighted by Crippen LogP contribution is -2.28. The first-order valence-corrected chi connectivity index (χ1v) is 6.64. The number of nitrogens with one attached hydrogen (secondary N) is 3. The van der Waals surface area contributed by atoms with Gasteiger partial charge in [-0.3, -0.25) is 5.10 Å². The monoisotopic (exact) mass is 298 g/mol. The summed E-state index contributed by atoms with van der Waals surface area (Å²) in [4.78, 5) is 15.9. The largest absolute Gasteiger partial charge is 0.340 e. The topological polar surface area (TPSA) is 109 Å². The van der Waals surface area contributed by atoms with Gasteiger partial charge in [-0.1, -0.05) is 17.3 Å². The molecule has 8 nitrogen and oxygen atoms in total. The van der Waals surface area contributed by atoms with E-state index in [0.717, 1.165) is 11.1 Å². The van der Waals surface area contributed by atoms with Crippen LogP contribution in [0.25, 0.3) is 11.1 Å². The van der Waals surface area contributed by atoms with Crippen LogP contribution in [-0.2, 0) is 6.54 Å². The standard InChI is InChI=1S/C14H14N6O2/c1-9-18-13(20-22-9)8-15-14(21)19-12-4-2-3-10(5-12)11-6-16-17-7-11/h2-7H,8H2,1H3,(H,16,17)(H2,15,19,21). The Morgan fingerprint density at radius 3 is 3.00 bits per heavy atom. The van der Waals surface area contributed by atoms with Crippen molar-refractivity contribution in [3.05, 3.63) is 48.4 Å². The number of benzene rings is 1. The number of amides is 2. The fourth-order valence-electron chi connectivity index (χ4n) is 1.93. The van der Waals surface area contributed by atoms with E-state index >= 15 is 0 Å². The molecule has 0 unspecified atom stereocenters. The number of nitrogens with zero attached hydrogens (tertiary/aromatic N) is 3. The summed E-state index contributed by atoms with van der Waals surface area (Å²) in [6, 6.07) is 7.13. The Morgan fingerprint density at radius 1 is 1.36 bits per heavy atom. The zero-order valence-corrected chi connectivity index (χ0v) is 11.8. The summed E-state index contributed by atoms with van der Waals surface area (Å²) in [5.41, 5.74) is 2.59. The number of carbonyl (C=O) groups is 1. The van der Waals surface area contributed by atoms with Crippen molar-refractivity contribution in [1.82, 2.24) is 25.7 Å². The predicted octanol–water partition coefficient (Wildman–Crippen LogP) is 2.09. The van der Waals surface area contributed by atoms with Crippen molar-refractivity contribution in [3.63, 3.8) is 0 Å². The Labute approximate surface area is 125 Å². The third-order valence-corrected chi connectivity index (χ3v) is 2.93. The van der Waals surface area contributed by atoms with Crippen LogP contribution in [-0.4, -0.2) is 26.4 Å². The molecule has 0 bridgehead atoms. The average molecular weight is 298 g/mol. The van der Waals surface area contributed by atoms with Crippen LogP contribution in [0, 0.1) is 6.92 Å². The average Bonchev–Trinajstić information content (AvgIpc) is 3.17. The van der Waals surface area contributed by atoms with Crippen molar-refractivity contribution in [2.75, 3.05) is 5.32 Å². The van der Waals surface area contributed by atoms with E-state index in [4.69, 9.17) is 4.52 Å². The summed E-state index contributed by atoms with van der Waals surface area (Å²) in [5, 5.41) is 15.8. The third kappa shape index (κ3) is 3.29. The Kier molecular flexibility index (Phi) is 3.82. The van der Waals surface area contributed by atoms with Gasteiger partial charge in [0.15, 0.2) is 5.82 Å². The van der Waals surface area contributed by atoms with Gasteiger partial charge < -0.3 is 15.2 Å². The number of carbonyl (C=O) groups excluding carboxylic acids is 1. The quantitative estimate of drug-likeness (QED) is 0.683. The van der Waals surface area contributed by atoms with Crippen LogP contribution < -0.4 is 10.6 Å². The first-order valence-electron chi connectivity index (χ1n) is 6.64. The Bertz CT molecular complexity index is 765. The van der Waals surface area contributed by atoms with Crippen LogP contribution in [0.5, 0.6) is 0 Å². The van der Waals surface area contributed by atoms with Crippen LogP contribution in [0.4, 0.5) is 10.5 Å². The Morgan fingerprint density at radius 2 is 2.27 bits per heavy atom. The number of hydrogen-bond acceptors (Lipinski definition) is 5. The molecule has 0 aliphatic heterocycles. The second-order valence-electron chi connectivity index (χ2n) is 4.61. The lowest BCUT2D eigenvalue weighted by molar-refractivity contribution is 0.251. The maximum Gasteiger partial charge on any atom is 0.319 e. The minimum atomic E-state index is -0.341. The lowest BCUT2D eigenvalue weighted by atomic mass is 10.1. The summed E-state index contributed by atoms with van der Waals surface area (Å²) in [7, 11) is 0. The van der Waals surface area contributed by atoms with Crippen LogP contribution in [0.1, 0.15) is 11.7 Å². The molecule has 112 valence electrons. The molecule has 8 heteroatoms.